The van der Waals surface area contributed by atoms with Crippen LogP contribution in [0.4, 0.5) is 0 Å². The number of ether oxygens (including phenoxy) is 1. The molecule has 3 aromatic rings. The van der Waals surface area contributed by atoms with Crippen LogP contribution in [0.5, 0.6) is 5.75 Å². The molecular formula is C23H26N4O2S. The van der Waals surface area contributed by atoms with Crippen molar-refractivity contribution in [1.82, 2.24) is 20.1 Å². The number of para-hydroxylation sites is 2. The van der Waals surface area contributed by atoms with Crippen molar-refractivity contribution in [3.63, 3.8) is 0 Å². The third-order valence-electron chi connectivity index (χ3n) is 5.13. The highest BCUT2D eigenvalue weighted by atomic mass is 32.2. The number of rotatable bonds is 8. The first-order valence-corrected chi connectivity index (χ1v) is 11.4. The van der Waals surface area contributed by atoms with Crippen molar-refractivity contribution < 1.29 is 9.53 Å². The van der Waals surface area contributed by atoms with Gasteiger partial charge in [0.15, 0.2) is 11.0 Å². The van der Waals surface area contributed by atoms with Gasteiger partial charge in [0.1, 0.15) is 12.4 Å². The summed E-state index contributed by atoms with van der Waals surface area (Å²) in [6.07, 6.45) is 5.83. The van der Waals surface area contributed by atoms with E-state index in [0.29, 0.717) is 29.4 Å². The first-order chi connectivity index (χ1) is 14.8. The number of carbonyl (C=O) groups excluding carboxylic acids is 1. The van der Waals surface area contributed by atoms with E-state index in [2.05, 4.69) is 15.5 Å². The first-order valence-electron chi connectivity index (χ1n) is 10.4. The highest BCUT2D eigenvalue weighted by molar-refractivity contribution is 7.99. The lowest BCUT2D eigenvalue weighted by Gasteiger charge is -2.22. The Morgan fingerprint density at radius 2 is 1.70 bits per heavy atom. The molecule has 1 fully saturated rings. The quantitative estimate of drug-likeness (QED) is 0.546. The number of carbonyl (C=O) groups is 1. The average Bonchev–Trinajstić information content (AvgIpc) is 3.21. The lowest BCUT2D eigenvalue weighted by Crippen LogP contribution is -2.37. The largest absolute Gasteiger partial charge is 0.486 e. The molecule has 0 bridgehead atoms. The summed E-state index contributed by atoms with van der Waals surface area (Å²) < 4.78 is 7.84. The highest BCUT2D eigenvalue weighted by Gasteiger charge is 2.19. The Labute approximate surface area is 181 Å². The fourth-order valence-corrected chi connectivity index (χ4v) is 4.42. The molecule has 156 valence electrons. The molecule has 6 nitrogen and oxygen atoms in total. The maximum absolute atomic E-state index is 12.4. The molecule has 0 spiro atoms. The molecule has 0 unspecified atom stereocenters. The van der Waals surface area contributed by atoms with E-state index in [1.165, 1.54) is 31.0 Å². The maximum atomic E-state index is 12.4. The summed E-state index contributed by atoms with van der Waals surface area (Å²) in [5, 5.41) is 12.5. The van der Waals surface area contributed by atoms with E-state index < -0.39 is 0 Å². The number of thioether (sulfide) groups is 1. The molecule has 1 aliphatic rings. The van der Waals surface area contributed by atoms with Crippen LogP contribution in [0.1, 0.15) is 37.9 Å². The molecule has 1 aromatic heterocycles. The van der Waals surface area contributed by atoms with Gasteiger partial charge in [-0.05, 0) is 37.1 Å². The van der Waals surface area contributed by atoms with Crippen molar-refractivity contribution in [3.8, 4) is 11.4 Å². The minimum atomic E-state index is 0.0524. The topological polar surface area (TPSA) is 69.0 Å². The molecule has 1 aliphatic carbocycles. The number of hydrogen-bond donors (Lipinski definition) is 1. The van der Waals surface area contributed by atoms with Crippen LogP contribution >= 0.6 is 11.8 Å². The molecule has 30 heavy (non-hydrogen) atoms. The van der Waals surface area contributed by atoms with Crippen LogP contribution in [0.25, 0.3) is 5.69 Å². The van der Waals surface area contributed by atoms with E-state index >= 15 is 0 Å². The van der Waals surface area contributed by atoms with Gasteiger partial charge in [0.25, 0.3) is 0 Å². The summed E-state index contributed by atoms with van der Waals surface area (Å²) in [6, 6.07) is 19.9. The SMILES string of the molecule is O=C(CSc1nnc(COc2ccccc2)n1-c1ccccc1)NC1CCCCC1. The van der Waals surface area contributed by atoms with Crippen molar-refractivity contribution in [2.45, 2.75) is 49.9 Å². The van der Waals surface area contributed by atoms with E-state index in [-0.39, 0.29) is 5.91 Å². The van der Waals surface area contributed by atoms with Gasteiger partial charge in [0, 0.05) is 11.7 Å². The summed E-state index contributed by atoms with van der Waals surface area (Å²) in [5.41, 5.74) is 0.948. The van der Waals surface area contributed by atoms with E-state index in [1.807, 2.05) is 65.2 Å². The molecule has 2 aromatic carbocycles. The highest BCUT2D eigenvalue weighted by Crippen LogP contribution is 2.23. The number of nitrogens with one attached hydrogen (secondary N) is 1. The van der Waals surface area contributed by atoms with Gasteiger partial charge in [-0.3, -0.25) is 9.36 Å². The van der Waals surface area contributed by atoms with Crippen LogP contribution < -0.4 is 10.1 Å². The number of hydrogen-bond acceptors (Lipinski definition) is 5. The molecule has 1 saturated carbocycles. The molecule has 0 saturated heterocycles. The number of benzene rings is 2. The van der Waals surface area contributed by atoms with Gasteiger partial charge in [-0.2, -0.15) is 0 Å². The van der Waals surface area contributed by atoms with Gasteiger partial charge in [0.2, 0.25) is 5.91 Å². The maximum Gasteiger partial charge on any atom is 0.230 e. The second-order valence-corrected chi connectivity index (χ2v) is 8.31. The average molecular weight is 423 g/mol. The number of amides is 1. The predicted octanol–water partition coefficient (Wildman–Crippen LogP) is 4.39. The minimum Gasteiger partial charge on any atom is -0.486 e. The van der Waals surface area contributed by atoms with Gasteiger partial charge < -0.3 is 10.1 Å². The molecule has 0 aliphatic heterocycles. The number of nitrogens with zero attached hydrogens (tertiary/aromatic N) is 3. The Bertz CT molecular complexity index is 940. The zero-order valence-electron chi connectivity index (χ0n) is 16.9. The molecule has 4 rings (SSSR count). The molecule has 0 atom stereocenters. The summed E-state index contributed by atoms with van der Waals surface area (Å²) in [6.45, 7) is 0.292. The lowest BCUT2D eigenvalue weighted by molar-refractivity contribution is -0.119. The van der Waals surface area contributed by atoms with Crippen molar-refractivity contribution in [2.75, 3.05) is 5.75 Å². The van der Waals surface area contributed by atoms with Gasteiger partial charge in [-0.25, -0.2) is 0 Å². The second kappa shape index (κ2) is 10.3. The Balaban J connectivity index is 1.45. The van der Waals surface area contributed by atoms with Crippen LogP contribution in [0, 0.1) is 0 Å². The zero-order chi connectivity index (χ0) is 20.6. The molecule has 1 amide bonds. The van der Waals surface area contributed by atoms with Gasteiger partial charge >= 0.3 is 0 Å². The second-order valence-electron chi connectivity index (χ2n) is 7.36. The molecule has 1 N–H and O–H groups in total. The van der Waals surface area contributed by atoms with Crippen LogP contribution in [-0.4, -0.2) is 32.5 Å². The smallest absolute Gasteiger partial charge is 0.230 e. The Kier molecular flexibility index (Phi) is 7.03. The van der Waals surface area contributed by atoms with Crippen LogP contribution in [0.3, 0.4) is 0 Å². The van der Waals surface area contributed by atoms with Crippen LogP contribution in [0.2, 0.25) is 0 Å². The number of aromatic nitrogens is 3. The van der Waals surface area contributed by atoms with Crippen molar-refractivity contribution in [3.05, 3.63) is 66.5 Å². The van der Waals surface area contributed by atoms with Crippen molar-refractivity contribution in [2.24, 2.45) is 0 Å². The van der Waals surface area contributed by atoms with E-state index in [0.717, 1.165) is 24.3 Å². The van der Waals surface area contributed by atoms with E-state index in [9.17, 15) is 4.79 Å². The van der Waals surface area contributed by atoms with Crippen LogP contribution in [0.15, 0.2) is 65.8 Å². The lowest BCUT2D eigenvalue weighted by atomic mass is 9.95. The molecule has 0 radical (unpaired) electrons. The molecular weight excluding hydrogens is 396 g/mol. The summed E-state index contributed by atoms with van der Waals surface area (Å²) in [7, 11) is 0. The minimum absolute atomic E-state index is 0.0524. The van der Waals surface area contributed by atoms with Gasteiger partial charge in [-0.1, -0.05) is 67.4 Å². The summed E-state index contributed by atoms with van der Waals surface area (Å²) in [4.78, 5) is 12.4. The first kappa shape index (κ1) is 20.5. The van der Waals surface area contributed by atoms with Crippen LogP contribution in [-0.2, 0) is 11.4 Å². The van der Waals surface area contributed by atoms with Gasteiger partial charge in [-0.15, -0.1) is 10.2 Å². The Hall–Kier alpha value is -2.80. The molecule has 1 heterocycles. The Morgan fingerprint density at radius 3 is 2.43 bits per heavy atom. The summed E-state index contributed by atoms with van der Waals surface area (Å²) >= 11 is 1.40. The Morgan fingerprint density at radius 1 is 1.00 bits per heavy atom. The van der Waals surface area contributed by atoms with E-state index in [4.69, 9.17) is 4.74 Å². The normalized spacial score (nSPS) is 14.4. The fraction of sp³-hybridized carbons (Fsp3) is 0.348. The summed E-state index contributed by atoms with van der Waals surface area (Å²) in [5.74, 6) is 1.85. The van der Waals surface area contributed by atoms with E-state index in [1.54, 1.807) is 0 Å². The molecule has 7 heteroatoms. The fourth-order valence-electron chi connectivity index (χ4n) is 3.63. The van der Waals surface area contributed by atoms with Crippen molar-refractivity contribution >= 4 is 17.7 Å². The van der Waals surface area contributed by atoms with Crippen molar-refractivity contribution in [1.29, 1.82) is 0 Å². The predicted molar refractivity (Wildman–Crippen MR) is 118 cm³/mol. The zero-order valence-corrected chi connectivity index (χ0v) is 17.7. The standard InChI is InChI=1S/C23H26N4O2S/c28-22(24-18-10-4-1-5-11-18)17-30-23-26-25-21(16-29-20-14-8-3-9-15-20)27(23)19-12-6-2-7-13-19/h2-3,6-9,12-15,18H,1,4-5,10-11,16-17H2,(H,24,28). The monoisotopic (exact) mass is 422 g/mol. The third-order valence-corrected chi connectivity index (χ3v) is 6.06. The van der Waals surface area contributed by atoms with Gasteiger partial charge in [0.05, 0.1) is 5.75 Å². The third kappa shape index (κ3) is 5.42.